The van der Waals surface area contributed by atoms with Gasteiger partial charge in [0, 0.05) is 17.2 Å². The van der Waals surface area contributed by atoms with Gasteiger partial charge >= 0.3 is 0 Å². The first-order valence-corrected chi connectivity index (χ1v) is 3.94. The fourth-order valence-electron chi connectivity index (χ4n) is 1.00. The maximum absolute atomic E-state index is 8.79. The number of hydrogen-bond donors (Lipinski definition) is 1. The van der Waals surface area contributed by atoms with Crippen molar-refractivity contribution in [3.63, 3.8) is 0 Å². The Balaban J connectivity index is 2.67. The summed E-state index contributed by atoms with van der Waals surface area (Å²) < 4.78 is 21.9. The third kappa shape index (κ3) is 3.03. The van der Waals surface area contributed by atoms with E-state index in [2.05, 4.69) is 0 Å². The summed E-state index contributed by atoms with van der Waals surface area (Å²) in [7, 11) is 0. The predicted octanol–water partition coefficient (Wildman–Crippen LogP) is 1.11. The lowest BCUT2D eigenvalue weighted by Crippen LogP contribution is -2.21. The molecule has 1 N–H and O–H groups in total. The molecule has 0 aliphatic carbocycles. The molecule has 0 radical (unpaired) electrons. The van der Waals surface area contributed by atoms with Gasteiger partial charge in [-0.2, -0.15) is 0 Å². The number of hydrogen-bond acceptors (Lipinski definition) is 2. The van der Waals surface area contributed by atoms with Gasteiger partial charge in [-0.3, -0.25) is 4.90 Å². The number of aliphatic hydroxyl groups excluding tert-OH is 1. The van der Waals surface area contributed by atoms with Gasteiger partial charge < -0.3 is 5.11 Å². The van der Waals surface area contributed by atoms with Crippen molar-refractivity contribution in [3.05, 3.63) is 35.9 Å². The first-order chi connectivity index (χ1) is 7.04. The number of aliphatic hydroxyl groups is 1. The molecule has 0 unspecified atom stereocenters. The molecule has 1 rings (SSSR count). The first kappa shape index (κ1) is 5.73. The van der Waals surface area contributed by atoms with E-state index < -0.39 is 6.98 Å². The normalized spacial score (nSPS) is 15.3. The lowest BCUT2D eigenvalue weighted by molar-refractivity contribution is 0.217. The fraction of sp³-hybridized carbons (Fsp3) is 0.400. The van der Waals surface area contributed by atoms with Gasteiger partial charge in [-0.1, -0.05) is 30.3 Å². The van der Waals surface area contributed by atoms with Gasteiger partial charge in [0.25, 0.3) is 0 Å². The summed E-state index contributed by atoms with van der Waals surface area (Å²) in [6.07, 6.45) is 0. The standard InChI is InChI=1S/C10H15NO/c1-11(7-8-12)9-10-5-3-2-4-6-10/h2-6,12H,7-9H2,1H3/i1D3. The number of rotatable bonds is 4. The highest BCUT2D eigenvalue weighted by Gasteiger charge is 1.97. The molecule has 0 amide bonds. The van der Waals surface area contributed by atoms with Gasteiger partial charge in [-0.25, -0.2) is 0 Å². The van der Waals surface area contributed by atoms with E-state index in [1.165, 1.54) is 4.90 Å². The molecule has 0 spiro atoms. The summed E-state index contributed by atoms with van der Waals surface area (Å²) in [4.78, 5) is 1.28. The molecule has 0 aliphatic heterocycles. The number of benzene rings is 1. The molecule has 0 saturated carbocycles. The van der Waals surface area contributed by atoms with Crippen LogP contribution >= 0.6 is 0 Å². The van der Waals surface area contributed by atoms with Crippen LogP contribution in [0.3, 0.4) is 0 Å². The molecule has 0 heterocycles. The average molecular weight is 168 g/mol. The largest absolute Gasteiger partial charge is 0.395 e. The van der Waals surface area contributed by atoms with Gasteiger partial charge in [0.15, 0.2) is 0 Å². The van der Waals surface area contributed by atoms with Crippen LogP contribution in [0.4, 0.5) is 0 Å². The summed E-state index contributed by atoms with van der Waals surface area (Å²) in [5.41, 5.74) is 0.932. The van der Waals surface area contributed by atoms with E-state index in [9.17, 15) is 0 Å². The second-order valence-corrected chi connectivity index (χ2v) is 2.63. The Morgan fingerprint density at radius 2 is 2.17 bits per heavy atom. The quantitative estimate of drug-likeness (QED) is 0.728. The highest BCUT2D eigenvalue weighted by Crippen LogP contribution is 2.01. The zero-order valence-corrected chi connectivity index (χ0v) is 6.90. The number of likely N-dealkylation sites (N-methyl/N-ethyl adjacent to an activating group) is 1. The van der Waals surface area contributed by atoms with Crippen molar-refractivity contribution in [1.29, 1.82) is 0 Å². The monoisotopic (exact) mass is 168 g/mol. The minimum Gasteiger partial charge on any atom is -0.395 e. The molecule has 0 aliphatic rings. The Labute approximate surface area is 77.7 Å². The molecular formula is C10H15NO. The van der Waals surface area contributed by atoms with Crippen LogP contribution in [0.5, 0.6) is 0 Å². The molecule has 1 aromatic rings. The van der Waals surface area contributed by atoms with Crippen molar-refractivity contribution < 1.29 is 9.22 Å². The minimum absolute atomic E-state index is 0.148. The third-order valence-corrected chi connectivity index (χ3v) is 1.59. The van der Waals surface area contributed by atoms with Gasteiger partial charge in [0.2, 0.25) is 0 Å². The lowest BCUT2D eigenvalue weighted by atomic mass is 10.2. The molecule has 0 saturated heterocycles. The molecule has 1 aromatic carbocycles. The topological polar surface area (TPSA) is 23.5 Å². The Kier molecular flexibility index (Phi) is 2.34. The van der Waals surface area contributed by atoms with Crippen LogP contribution < -0.4 is 0 Å². The van der Waals surface area contributed by atoms with Crippen LogP contribution in [-0.4, -0.2) is 30.1 Å². The van der Waals surface area contributed by atoms with Crippen LogP contribution in [0.25, 0.3) is 0 Å². The van der Waals surface area contributed by atoms with Crippen LogP contribution in [0, 0.1) is 0 Å². The van der Waals surface area contributed by atoms with E-state index in [0.717, 1.165) is 5.56 Å². The van der Waals surface area contributed by atoms with Gasteiger partial charge in [0.1, 0.15) is 0 Å². The zero-order chi connectivity index (χ0) is 11.3. The van der Waals surface area contributed by atoms with Crippen molar-refractivity contribution >= 4 is 0 Å². The van der Waals surface area contributed by atoms with Crippen LogP contribution in [0.1, 0.15) is 9.68 Å². The average Bonchev–Trinajstić information content (AvgIpc) is 2.17. The molecule has 0 bridgehead atoms. The molecule has 66 valence electrons. The van der Waals surface area contributed by atoms with E-state index in [1.807, 2.05) is 30.3 Å². The number of nitrogens with zero attached hydrogens (tertiary/aromatic N) is 1. The lowest BCUT2D eigenvalue weighted by Gasteiger charge is -2.14. The van der Waals surface area contributed by atoms with E-state index in [1.54, 1.807) is 0 Å². The second kappa shape index (κ2) is 4.91. The van der Waals surface area contributed by atoms with Crippen LogP contribution in [-0.2, 0) is 6.54 Å². The summed E-state index contributed by atoms with van der Waals surface area (Å²) in [6, 6.07) is 9.36. The van der Waals surface area contributed by atoms with Crippen LogP contribution in [0.15, 0.2) is 30.3 Å². The van der Waals surface area contributed by atoms with E-state index >= 15 is 0 Å². The Morgan fingerprint density at radius 3 is 2.75 bits per heavy atom. The molecular weight excluding hydrogens is 150 g/mol. The first-order valence-electron chi connectivity index (χ1n) is 5.44. The molecule has 12 heavy (non-hydrogen) atoms. The van der Waals surface area contributed by atoms with Crippen molar-refractivity contribution in [1.82, 2.24) is 4.90 Å². The van der Waals surface area contributed by atoms with Crippen LogP contribution in [0.2, 0.25) is 0 Å². The Morgan fingerprint density at radius 1 is 1.42 bits per heavy atom. The molecule has 0 aromatic heterocycles. The minimum atomic E-state index is -2.15. The molecule has 0 atom stereocenters. The zero-order valence-electron chi connectivity index (χ0n) is 9.90. The summed E-state index contributed by atoms with van der Waals surface area (Å²) in [5.74, 6) is 0. The smallest absolute Gasteiger partial charge is 0.0558 e. The highest BCUT2D eigenvalue weighted by molar-refractivity contribution is 5.14. The summed E-state index contributed by atoms with van der Waals surface area (Å²) in [6.45, 7) is -1.81. The Hall–Kier alpha value is -0.860. The fourth-order valence-corrected chi connectivity index (χ4v) is 1.00. The highest BCUT2D eigenvalue weighted by atomic mass is 16.3. The van der Waals surface area contributed by atoms with Crippen molar-refractivity contribution in [2.45, 2.75) is 6.54 Å². The molecule has 0 fully saturated rings. The van der Waals surface area contributed by atoms with Gasteiger partial charge in [-0.05, 0) is 12.5 Å². The SMILES string of the molecule is [2H]C([2H])([2H])N(CCO)Cc1ccccc1. The van der Waals surface area contributed by atoms with Crippen molar-refractivity contribution in [2.24, 2.45) is 0 Å². The maximum atomic E-state index is 8.79. The molecule has 2 heteroatoms. The molecule has 2 nitrogen and oxygen atoms in total. The van der Waals surface area contributed by atoms with E-state index in [-0.39, 0.29) is 13.2 Å². The van der Waals surface area contributed by atoms with Gasteiger partial charge in [0.05, 0.1) is 6.61 Å². The van der Waals surface area contributed by atoms with Crippen molar-refractivity contribution in [3.8, 4) is 0 Å². The van der Waals surface area contributed by atoms with Crippen molar-refractivity contribution in [2.75, 3.05) is 20.1 Å². The second-order valence-electron chi connectivity index (χ2n) is 2.63. The van der Waals surface area contributed by atoms with Gasteiger partial charge in [-0.15, -0.1) is 0 Å². The third-order valence-electron chi connectivity index (χ3n) is 1.59. The van der Waals surface area contributed by atoms with E-state index in [0.29, 0.717) is 6.54 Å². The maximum Gasteiger partial charge on any atom is 0.0558 e. The summed E-state index contributed by atoms with van der Waals surface area (Å²) in [5, 5.41) is 8.79. The Bertz CT molecular complexity index is 286. The summed E-state index contributed by atoms with van der Waals surface area (Å²) >= 11 is 0. The van der Waals surface area contributed by atoms with E-state index in [4.69, 9.17) is 9.22 Å². The predicted molar refractivity (Wildman–Crippen MR) is 49.9 cm³/mol.